The van der Waals surface area contributed by atoms with Crippen LogP contribution in [0.4, 0.5) is 16.2 Å². The second-order valence-corrected chi connectivity index (χ2v) is 7.80. The van der Waals surface area contributed by atoms with Crippen LogP contribution in [0.3, 0.4) is 0 Å². The van der Waals surface area contributed by atoms with Gasteiger partial charge in [0, 0.05) is 51.6 Å². The molecule has 31 heavy (non-hydrogen) atoms. The van der Waals surface area contributed by atoms with E-state index in [-0.39, 0.29) is 37.6 Å². The van der Waals surface area contributed by atoms with Crippen molar-refractivity contribution in [3.8, 4) is 5.75 Å². The van der Waals surface area contributed by atoms with E-state index in [4.69, 9.17) is 15.2 Å². The van der Waals surface area contributed by atoms with E-state index in [2.05, 4.69) is 0 Å². The summed E-state index contributed by atoms with van der Waals surface area (Å²) in [4.78, 5) is 41.6. The highest BCUT2D eigenvalue weighted by Gasteiger charge is 2.35. The number of rotatable bonds is 7. The molecule has 3 rings (SSSR count). The average Bonchev–Trinajstić information content (AvgIpc) is 2.75. The Balaban J connectivity index is 1.84. The van der Waals surface area contributed by atoms with Crippen molar-refractivity contribution in [3.05, 3.63) is 18.2 Å². The number of fused-ring (bicyclic) bond motifs is 1. The van der Waals surface area contributed by atoms with E-state index in [1.807, 2.05) is 6.92 Å². The van der Waals surface area contributed by atoms with Crippen molar-refractivity contribution >= 4 is 29.3 Å². The molecule has 0 radical (unpaired) electrons. The van der Waals surface area contributed by atoms with E-state index in [0.29, 0.717) is 49.7 Å². The molecule has 0 bridgehead atoms. The van der Waals surface area contributed by atoms with Crippen molar-refractivity contribution < 1.29 is 29.0 Å². The van der Waals surface area contributed by atoms with Crippen LogP contribution in [0.2, 0.25) is 0 Å². The molecule has 2 atom stereocenters. The molecule has 0 spiro atoms. The van der Waals surface area contributed by atoms with E-state index in [1.54, 1.807) is 35.1 Å². The molecule has 0 saturated carbocycles. The standard InChI is InChI=1S/C21H30N4O6/c1-3-24(20(27)14-9-15(22)12-23(11-14)21(28)29)16-5-6-18-17(10-16)25(7-4-8-30-2)19(26)13-31-18/h5-6,10,14-15H,3-4,7-9,11-13,22H2,1-2H3,(H,28,29)/t14-,15+/m0/s1. The monoisotopic (exact) mass is 434 g/mol. The van der Waals surface area contributed by atoms with Crippen molar-refractivity contribution in [2.24, 2.45) is 11.7 Å². The van der Waals surface area contributed by atoms with Gasteiger partial charge in [0.15, 0.2) is 6.61 Å². The number of carboxylic acid groups (broad SMARTS) is 1. The Hall–Kier alpha value is -2.85. The first-order valence-electron chi connectivity index (χ1n) is 10.5. The largest absolute Gasteiger partial charge is 0.482 e. The van der Waals surface area contributed by atoms with Crippen molar-refractivity contribution in [1.82, 2.24) is 4.90 Å². The topological polar surface area (TPSA) is 126 Å². The lowest BCUT2D eigenvalue weighted by atomic mass is 9.93. The fourth-order valence-corrected chi connectivity index (χ4v) is 4.13. The van der Waals surface area contributed by atoms with Gasteiger partial charge in [0.2, 0.25) is 5.91 Å². The van der Waals surface area contributed by atoms with E-state index in [1.165, 1.54) is 4.90 Å². The lowest BCUT2D eigenvalue weighted by molar-refractivity contribution is -0.124. The van der Waals surface area contributed by atoms with Crippen LogP contribution in [0, 0.1) is 5.92 Å². The summed E-state index contributed by atoms with van der Waals surface area (Å²) in [6, 6.07) is 4.93. The third-order valence-corrected chi connectivity index (χ3v) is 5.61. The quantitative estimate of drug-likeness (QED) is 0.616. The van der Waals surface area contributed by atoms with E-state index in [0.717, 1.165) is 0 Å². The van der Waals surface area contributed by atoms with Crippen molar-refractivity contribution in [2.45, 2.75) is 25.8 Å². The summed E-state index contributed by atoms with van der Waals surface area (Å²) in [7, 11) is 1.61. The van der Waals surface area contributed by atoms with Crippen LogP contribution in [0.5, 0.6) is 5.75 Å². The van der Waals surface area contributed by atoms with Gasteiger partial charge >= 0.3 is 6.09 Å². The summed E-state index contributed by atoms with van der Waals surface area (Å²) in [6.45, 7) is 3.58. The number of methoxy groups -OCH3 is 1. The minimum atomic E-state index is -1.08. The Bertz CT molecular complexity index is 832. The minimum absolute atomic E-state index is 0.0270. The third-order valence-electron chi connectivity index (χ3n) is 5.61. The molecule has 10 nitrogen and oxygen atoms in total. The lowest BCUT2D eigenvalue weighted by Crippen LogP contribution is -2.53. The number of hydrogen-bond donors (Lipinski definition) is 2. The maximum absolute atomic E-state index is 13.3. The highest BCUT2D eigenvalue weighted by molar-refractivity contribution is 6.00. The SMILES string of the molecule is CCN(C(=O)[C@H]1C[C@@H](N)CN(C(=O)O)C1)c1ccc2c(c1)N(CCCOC)C(=O)CO2. The number of hydrogen-bond acceptors (Lipinski definition) is 6. The molecule has 3 N–H and O–H groups in total. The van der Waals surface area contributed by atoms with Crippen molar-refractivity contribution in [1.29, 1.82) is 0 Å². The van der Waals surface area contributed by atoms with Crippen molar-refractivity contribution in [3.63, 3.8) is 0 Å². The van der Waals surface area contributed by atoms with Gasteiger partial charge in [-0.1, -0.05) is 0 Å². The molecule has 0 aliphatic carbocycles. The summed E-state index contributed by atoms with van der Waals surface area (Å²) in [5, 5.41) is 9.33. The number of nitrogens with two attached hydrogens (primary N) is 1. The third kappa shape index (κ3) is 5.08. The molecule has 170 valence electrons. The highest BCUT2D eigenvalue weighted by atomic mass is 16.5. The first kappa shape index (κ1) is 22.8. The summed E-state index contributed by atoms with van der Waals surface area (Å²) < 4.78 is 10.6. The zero-order valence-electron chi connectivity index (χ0n) is 18.0. The Morgan fingerprint density at radius 2 is 2.13 bits per heavy atom. The molecule has 1 fully saturated rings. The fourth-order valence-electron chi connectivity index (χ4n) is 4.13. The predicted octanol–water partition coefficient (Wildman–Crippen LogP) is 1.13. The van der Waals surface area contributed by atoms with Crippen LogP contribution < -0.4 is 20.3 Å². The number of ether oxygens (including phenoxy) is 2. The molecule has 2 aliphatic heterocycles. The van der Waals surface area contributed by atoms with Crippen LogP contribution in [0.1, 0.15) is 19.8 Å². The van der Waals surface area contributed by atoms with Gasteiger partial charge in [0.25, 0.3) is 5.91 Å². The molecule has 10 heteroatoms. The van der Waals surface area contributed by atoms with Gasteiger partial charge in [0.1, 0.15) is 5.75 Å². The van der Waals surface area contributed by atoms with Crippen LogP contribution in [-0.2, 0) is 14.3 Å². The second kappa shape index (κ2) is 9.97. The number of nitrogens with zero attached hydrogens (tertiary/aromatic N) is 3. The number of benzene rings is 1. The summed E-state index contributed by atoms with van der Waals surface area (Å²) in [5.74, 6) is -0.268. The smallest absolute Gasteiger partial charge is 0.407 e. The zero-order valence-corrected chi connectivity index (χ0v) is 18.0. The predicted molar refractivity (Wildman–Crippen MR) is 114 cm³/mol. The Morgan fingerprint density at radius 3 is 2.81 bits per heavy atom. The second-order valence-electron chi connectivity index (χ2n) is 7.80. The Labute approximate surface area is 181 Å². The van der Waals surface area contributed by atoms with E-state index < -0.39 is 12.0 Å². The number of amides is 3. The average molecular weight is 434 g/mol. The van der Waals surface area contributed by atoms with Crippen LogP contribution >= 0.6 is 0 Å². The number of anilines is 2. The van der Waals surface area contributed by atoms with Gasteiger partial charge in [-0.05, 0) is 38.0 Å². The number of carbonyl (C=O) groups excluding carboxylic acids is 2. The van der Waals surface area contributed by atoms with Crippen molar-refractivity contribution in [2.75, 3.05) is 56.3 Å². The minimum Gasteiger partial charge on any atom is -0.482 e. The summed E-state index contributed by atoms with van der Waals surface area (Å²) in [5.41, 5.74) is 7.25. The van der Waals surface area contributed by atoms with Crippen LogP contribution in [0.15, 0.2) is 18.2 Å². The molecule has 3 amide bonds. The van der Waals surface area contributed by atoms with Gasteiger partial charge in [-0.3, -0.25) is 9.59 Å². The molecule has 2 aliphatic rings. The highest BCUT2D eigenvalue weighted by Crippen LogP contribution is 2.36. The first-order valence-corrected chi connectivity index (χ1v) is 10.5. The summed E-state index contributed by atoms with van der Waals surface area (Å²) >= 11 is 0. The first-order chi connectivity index (χ1) is 14.8. The normalized spacial score (nSPS) is 20.8. The lowest BCUT2D eigenvalue weighted by Gasteiger charge is -2.36. The van der Waals surface area contributed by atoms with Crippen LogP contribution in [0.25, 0.3) is 0 Å². The van der Waals surface area contributed by atoms with Gasteiger partial charge in [-0.2, -0.15) is 0 Å². The number of piperidine rings is 1. The van der Waals surface area contributed by atoms with Gasteiger partial charge in [-0.25, -0.2) is 4.79 Å². The maximum atomic E-state index is 13.3. The molecular weight excluding hydrogens is 404 g/mol. The summed E-state index contributed by atoms with van der Waals surface area (Å²) in [6.07, 6.45) is 0.0226. The maximum Gasteiger partial charge on any atom is 0.407 e. The van der Waals surface area contributed by atoms with Gasteiger partial charge < -0.3 is 35.0 Å². The molecule has 0 unspecified atom stereocenters. The molecule has 2 heterocycles. The molecular formula is C21H30N4O6. The van der Waals surface area contributed by atoms with Gasteiger partial charge in [0.05, 0.1) is 11.6 Å². The van der Waals surface area contributed by atoms with Crippen LogP contribution in [-0.4, -0.2) is 80.5 Å². The molecule has 1 saturated heterocycles. The number of likely N-dealkylation sites (tertiary alicyclic amines) is 1. The Morgan fingerprint density at radius 1 is 1.35 bits per heavy atom. The zero-order chi connectivity index (χ0) is 22.5. The molecule has 1 aromatic carbocycles. The fraction of sp³-hybridized carbons (Fsp3) is 0.571. The van der Waals surface area contributed by atoms with E-state index >= 15 is 0 Å². The number of carbonyl (C=O) groups is 3. The Kier molecular flexibility index (Phi) is 7.34. The van der Waals surface area contributed by atoms with E-state index in [9.17, 15) is 19.5 Å². The van der Waals surface area contributed by atoms with Gasteiger partial charge in [-0.15, -0.1) is 0 Å². The molecule has 0 aromatic heterocycles. The molecule has 1 aromatic rings.